The van der Waals surface area contributed by atoms with E-state index in [-0.39, 0.29) is 61.4 Å². The van der Waals surface area contributed by atoms with Crippen molar-refractivity contribution in [2.24, 2.45) is 0 Å². The van der Waals surface area contributed by atoms with E-state index in [1.165, 1.54) is 0 Å². The summed E-state index contributed by atoms with van der Waals surface area (Å²) in [5, 5.41) is 0. The second kappa shape index (κ2) is 22.0. The van der Waals surface area contributed by atoms with Crippen LogP contribution in [-0.2, 0) is 86.6 Å². The summed E-state index contributed by atoms with van der Waals surface area (Å²) in [5.74, 6) is 0. The van der Waals surface area contributed by atoms with Crippen LogP contribution in [-0.4, -0.2) is 111 Å². The number of hydrogen-bond acceptors (Lipinski definition) is 18. The third-order valence-electron chi connectivity index (χ3n) is 1.70. The third-order valence-corrected chi connectivity index (χ3v) is 5.10. The van der Waals surface area contributed by atoms with Crippen LogP contribution in [0.5, 0.6) is 0 Å². The molecule has 0 aromatic carbocycles. The summed E-state index contributed by atoms with van der Waals surface area (Å²) in [7, 11) is -36.5. The van der Waals surface area contributed by atoms with Crippen LogP contribution in [0.4, 0.5) is 79.0 Å². The van der Waals surface area contributed by atoms with Gasteiger partial charge in [0, 0.05) is 0 Å². The Labute approximate surface area is 309 Å². The topological polar surface area (TPSA) is 343 Å². The monoisotopic (exact) mass is 1080 g/mol. The van der Waals surface area contributed by atoms with Crippen molar-refractivity contribution in [3.05, 3.63) is 0 Å². The van der Waals surface area contributed by atoms with Crippen molar-refractivity contribution in [2.75, 3.05) is 0 Å². The van der Waals surface area contributed by atoms with Crippen molar-refractivity contribution in [1.29, 1.82) is 0 Å². The van der Waals surface area contributed by atoms with Gasteiger partial charge in [0.25, 0.3) is 0 Å². The average molecular weight is 1080 g/mol. The van der Waals surface area contributed by atoms with Gasteiger partial charge >= 0.3 is 94.5 Å². The smallest absolute Gasteiger partial charge is 0.741 e. The van der Waals surface area contributed by atoms with Crippen LogP contribution in [0.3, 0.4) is 0 Å². The van der Waals surface area contributed by atoms with Gasteiger partial charge in [0.2, 0.25) is 0 Å². The minimum absolute atomic E-state index is 0. The number of rotatable bonds is 0. The Bertz CT molecular complexity index is 1320. The molecule has 300 valence electrons. The van der Waals surface area contributed by atoms with Crippen molar-refractivity contribution in [2.45, 2.75) is 33.0 Å². The molecule has 0 spiro atoms. The van der Waals surface area contributed by atoms with E-state index >= 15 is 0 Å². The molecule has 0 saturated carbocycles. The van der Waals surface area contributed by atoms with Crippen LogP contribution in [0.1, 0.15) is 0 Å². The standard InChI is InChI=1S/6CHF3O3S.La.Sc/c6*2-1(3,4)8(5,6)7;;/h6*(H,5,6,7);;/q;;;;;;2*+3/p-6. The van der Waals surface area contributed by atoms with Crippen LogP contribution in [0.2, 0.25) is 0 Å². The van der Waals surface area contributed by atoms with Crippen LogP contribution in [0.15, 0.2) is 0 Å². The summed E-state index contributed by atoms with van der Waals surface area (Å²) in [5.41, 5.74) is -33.9. The fraction of sp³-hybridized carbons (Fsp3) is 1.00. The van der Waals surface area contributed by atoms with E-state index < -0.39 is 93.8 Å². The largest absolute Gasteiger partial charge is 3.00 e. The molecule has 0 saturated heterocycles. The van der Waals surface area contributed by atoms with Gasteiger partial charge in [-0.05, 0) is 0 Å². The Balaban J connectivity index is -0.0000000700. The molecule has 0 amide bonds. The second-order valence-corrected chi connectivity index (χ2v) is 13.6. The zero-order chi connectivity index (χ0) is 42.0. The van der Waals surface area contributed by atoms with Crippen molar-refractivity contribution < 1.29 is 218 Å². The molecule has 0 aliphatic heterocycles. The number of hydrogen-bond donors (Lipinski definition) is 0. The molecule has 0 aromatic rings. The molecule has 50 heavy (non-hydrogen) atoms. The van der Waals surface area contributed by atoms with E-state index in [0.717, 1.165) is 0 Å². The first kappa shape index (κ1) is 68.3. The zero-order valence-corrected chi connectivity index (χ0v) is 31.1. The molecule has 0 radical (unpaired) electrons. The predicted molar refractivity (Wildman–Crippen MR) is 94.5 cm³/mol. The van der Waals surface area contributed by atoms with Gasteiger partial charge in [0.05, 0.1) is 0 Å². The van der Waals surface area contributed by atoms with Crippen LogP contribution < -0.4 is 0 Å². The summed E-state index contributed by atoms with van der Waals surface area (Å²) in [6.07, 6.45) is 0. The molecule has 0 aliphatic carbocycles. The van der Waals surface area contributed by atoms with Gasteiger partial charge < -0.3 is 27.3 Å². The summed E-state index contributed by atoms with van der Waals surface area (Å²) in [6, 6.07) is 0. The first-order valence-electron chi connectivity index (χ1n) is 7.63. The molecule has 0 aliphatic rings. The van der Waals surface area contributed by atoms with Crippen molar-refractivity contribution in [3.63, 3.8) is 0 Å². The van der Waals surface area contributed by atoms with E-state index in [4.69, 9.17) is 77.8 Å². The van der Waals surface area contributed by atoms with Gasteiger partial charge in [-0.3, -0.25) is 0 Å². The van der Waals surface area contributed by atoms with Gasteiger partial charge in [0.15, 0.2) is 60.7 Å². The molecule has 0 heterocycles. The average Bonchev–Trinajstić information content (AvgIpc) is 2.60. The maximum absolute atomic E-state index is 10.7. The Morgan fingerprint density at radius 2 is 0.260 bits per heavy atom. The van der Waals surface area contributed by atoms with E-state index in [1.807, 2.05) is 0 Å². The van der Waals surface area contributed by atoms with Crippen molar-refractivity contribution >= 4 is 60.7 Å². The third kappa shape index (κ3) is 36.6. The summed E-state index contributed by atoms with van der Waals surface area (Å²) < 4.78 is 353. The Morgan fingerprint density at radius 1 is 0.240 bits per heavy atom. The minimum Gasteiger partial charge on any atom is -0.741 e. The zero-order valence-electron chi connectivity index (χ0n) is 20.8. The van der Waals surface area contributed by atoms with Crippen LogP contribution in [0, 0.1) is 35.6 Å². The molecule has 18 nitrogen and oxygen atoms in total. The quantitative estimate of drug-likeness (QED) is 0.179. The first-order chi connectivity index (χ1) is 19.5. The van der Waals surface area contributed by atoms with Gasteiger partial charge in [-0.25, -0.2) is 50.5 Å². The van der Waals surface area contributed by atoms with Crippen LogP contribution in [0.25, 0.3) is 0 Å². The van der Waals surface area contributed by atoms with Gasteiger partial charge in [0.1, 0.15) is 0 Å². The number of alkyl halides is 18. The molecular formula is C6F18LaO18S6Sc. The molecule has 0 bridgehead atoms. The number of halogens is 18. The van der Waals surface area contributed by atoms with Gasteiger partial charge in [-0.15, -0.1) is 0 Å². The Hall–Kier alpha value is 0.265. The van der Waals surface area contributed by atoms with E-state index in [9.17, 15) is 79.0 Å². The molecule has 0 rings (SSSR count). The molecular weight excluding hydrogens is 1080 g/mol. The Morgan fingerprint density at radius 3 is 0.260 bits per heavy atom. The molecule has 0 fully saturated rings. The van der Waals surface area contributed by atoms with E-state index in [0.29, 0.717) is 0 Å². The minimum atomic E-state index is -6.09. The van der Waals surface area contributed by atoms with Gasteiger partial charge in [-0.2, -0.15) is 79.0 Å². The fourth-order valence-electron chi connectivity index (χ4n) is 0. The van der Waals surface area contributed by atoms with Crippen LogP contribution >= 0.6 is 0 Å². The summed E-state index contributed by atoms with van der Waals surface area (Å²) in [4.78, 5) is 0. The van der Waals surface area contributed by atoms with Crippen molar-refractivity contribution in [1.82, 2.24) is 0 Å². The molecule has 44 heteroatoms. The normalized spacial score (nSPS) is 13.4. The molecule has 0 aromatic heterocycles. The van der Waals surface area contributed by atoms with E-state index in [2.05, 4.69) is 0 Å². The second-order valence-electron chi connectivity index (χ2n) is 5.40. The summed E-state index contributed by atoms with van der Waals surface area (Å²) >= 11 is 0. The molecule has 0 N–H and O–H groups in total. The van der Waals surface area contributed by atoms with Gasteiger partial charge in [-0.1, -0.05) is 0 Å². The Kier molecular flexibility index (Phi) is 30.0. The summed E-state index contributed by atoms with van der Waals surface area (Å²) in [6.45, 7) is 0. The maximum atomic E-state index is 10.7. The SMILES string of the molecule is O=S(=O)([O-])C(F)(F)F.O=S(=O)([O-])C(F)(F)F.O=S(=O)([O-])C(F)(F)F.O=S(=O)([O-])C(F)(F)F.O=S(=O)([O-])C(F)(F)F.O=S(=O)([O-])C(F)(F)F.[La+3].[Sc+3]. The first-order valence-corrected chi connectivity index (χ1v) is 16.1. The maximum Gasteiger partial charge on any atom is 3.00 e. The predicted octanol–water partition coefficient (Wildman–Crippen LogP) is 0.306. The van der Waals surface area contributed by atoms with E-state index in [1.54, 1.807) is 0 Å². The van der Waals surface area contributed by atoms with Crippen molar-refractivity contribution in [3.8, 4) is 0 Å². The molecule has 0 atom stereocenters. The molecule has 0 unspecified atom stereocenters. The fourth-order valence-corrected chi connectivity index (χ4v) is 0.